The molecule has 0 spiro atoms. The molecule has 20 heavy (non-hydrogen) atoms. The summed E-state index contributed by atoms with van der Waals surface area (Å²) >= 11 is 4.87. The fourth-order valence-corrected chi connectivity index (χ4v) is 3.18. The van der Waals surface area contributed by atoms with E-state index in [0.717, 1.165) is 11.3 Å². The van der Waals surface area contributed by atoms with Crippen molar-refractivity contribution in [2.75, 3.05) is 0 Å². The molecule has 2 aromatic rings. The fraction of sp³-hybridized carbons (Fsp3) is 0.167. The minimum Gasteiger partial charge on any atom is -0.389 e. The third kappa shape index (κ3) is 3.03. The smallest absolute Gasteiger partial charge is 0.241 e. The van der Waals surface area contributed by atoms with Gasteiger partial charge in [-0.1, -0.05) is 30.4 Å². The second-order valence-electron chi connectivity index (χ2n) is 4.21. The summed E-state index contributed by atoms with van der Waals surface area (Å²) in [4.78, 5) is 0.124. The number of benzene rings is 1. The molecule has 2 rings (SSSR count). The average molecular weight is 310 g/mol. The van der Waals surface area contributed by atoms with E-state index in [0.29, 0.717) is 5.56 Å². The molecule has 8 heteroatoms. The van der Waals surface area contributed by atoms with Crippen molar-refractivity contribution in [1.82, 2.24) is 14.9 Å². The highest BCUT2D eigenvalue weighted by Crippen LogP contribution is 2.16. The lowest BCUT2D eigenvalue weighted by Gasteiger charge is -2.10. The number of nitrogens with two attached hydrogens (primary N) is 1. The molecule has 0 aliphatic heterocycles. The van der Waals surface area contributed by atoms with E-state index in [1.54, 1.807) is 24.4 Å². The maximum atomic E-state index is 12.3. The Labute approximate surface area is 122 Å². The lowest BCUT2D eigenvalue weighted by atomic mass is 10.2. The molecule has 6 nitrogen and oxygen atoms in total. The van der Waals surface area contributed by atoms with Gasteiger partial charge in [0.15, 0.2) is 0 Å². The summed E-state index contributed by atoms with van der Waals surface area (Å²) in [6.45, 7) is 1.97. The summed E-state index contributed by atoms with van der Waals surface area (Å²) in [7, 11) is -3.69. The van der Waals surface area contributed by atoms with Gasteiger partial charge in [0.25, 0.3) is 0 Å². The number of sulfonamides is 1. The van der Waals surface area contributed by atoms with Gasteiger partial charge in [-0.05, 0) is 13.0 Å². The van der Waals surface area contributed by atoms with Gasteiger partial charge in [-0.15, -0.1) is 0 Å². The van der Waals surface area contributed by atoms with E-state index < -0.39 is 10.0 Å². The van der Waals surface area contributed by atoms with Crippen molar-refractivity contribution in [2.45, 2.75) is 18.4 Å². The maximum absolute atomic E-state index is 12.3. The number of aromatic amines is 1. The van der Waals surface area contributed by atoms with Crippen LogP contribution in [-0.2, 0) is 16.6 Å². The minimum atomic E-state index is -3.69. The first-order valence-electron chi connectivity index (χ1n) is 5.79. The lowest BCUT2D eigenvalue weighted by Crippen LogP contribution is -2.26. The number of hydrogen-bond acceptors (Lipinski definition) is 4. The van der Waals surface area contributed by atoms with Crippen molar-refractivity contribution in [3.63, 3.8) is 0 Å². The Hall–Kier alpha value is -1.77. The number of nitrogens with one attached hydrogen (secondary N) is 2. The van der Waals surface area contributed by atoms with Crippen LogP contribution in [0.15, 0.2) is 35.4 Å². The predicted molar refractivity (Wildman–Crippen MR) is 79.7 cm³/mol. The van der Waals surface area contributed by atoms with Crippen molar-refractivity contribution in [2.24, 2.45) is 5.73 Å². The molecule has 0 aliphatic carbocycles. The van der Waals surface area contributed by atoms with E-state index in [1.807, 2.05) is 6.92 Å². The molecule has 0 amide bonds. The summed E-state index contributed by atoms with van der Waals surface area (Å²) in [5.74, 6) is 0. The molecule has 1 aromatic carbocycles. The number of H-pyrrole nitrogens is 1. The van der Waals surface area contributed by atoms with E-state index in [4.69, 9.17) is 18.0 Å². The van der Waals surface area contributed by atoms with Crippen LogP contribution in [0.25, 0.3) is 0 Å². The fourth-order valence-electron chi connectivity index (χ4n) is 1.71. The predicted octanol–water partition coefficient (Wildman–Crippen LogP) is 0.831. The summed E-state index contributed by atoms with van der Waals surface area (Å²) in [6, 6.07) is 6.37. The second-order valence-corrected chi connectivity index (χ2v) is 6.38. The lowest BCUT2D eigenvalue weighted by molar-refractivity contribution is 0.581. The first kappa shape index (κ1) is 14.6. The molecule has 4 N–H and O–H groups in total. The Morgan fingerprint density at radius 1 is 1.45 bits per heavy atom. The SMILES string of the molecule is Cc1[nH]ncc1CNS(=O)(=O)c1ccccc1C(N)=S. The van der Waals surface area contributed by atoms with Gasteiger partial charge in [0.05, 0.1) is 11.1 Å². The number of rotatable bonds is 5. The van der Waals surface area contributed by atoms with E-state index >= 15 is 0 Å². The van der Waals surface area contributed by atoms with Gasteiger partial charge in [-0.25, -0.2) is 13.1 Å². The zero-order valence-corrected chi connectivity index (χ0v) is 12.4. The largest absolute Gasteiger partial charge is 0.389 e. The quantitative estimate of drug-likeness (QED) is 0.710. The molecular formula is C12H14N4O2S2. The van der Waals surface area contributed by atoms with Gasteiger partial charge in [-0.3, -0.25) is 5.10 Å². The number of hydrogen-bond donors (Lipinski definition) is 3. The van der Waals surface area contributed by atoms with Gasteiger partial charge in [-0.2, -0.15) is 5.10 Å². The molecule has 0 aliphatic rings. The standard InChI is InChI=1S/C12H14N4O2S2/c1-8-9(6-14-16-8)7-15-20(17,18)11-5-3-2-4-10(11)12(13)19/h2-6,15H,7H2,1H3,(H2,13,19)(H,14,16). The van der Waals surface area contributed by atoms with Crippen LogP contribution in [0, 0.1) is 6.92 Å². The van der Waals surface area contributed by atoms with E-state index in [9.17, 15) is 8.42 Å². The van der Waals surface area contributed by atoms with Gasteiger partial charge in [0, 0.05) is 23.4 Å². The Morgan fingerprint density at radius 3 is 2.75 bits per heavy atom. The van der Waals surface area contributed by atoms with Crippen molar-refractivity contribution < 1.29 is 8.42 Å². The van der Waals surface area contributed by atoms with Crippen LogP contribution in [0.2, 0.25) is 0 Å². The molecule has 0 bridgehead atoms. The first-order chi connectivity index (χ1) is 9.42. The van der Waals surface area contributed by atoms with Gasteiger partial charge < -0.3 is 5.73 Å². The summed E-state index contributed by atoms with van der Waals surface area (Å²) < 4.78 is 27.1. The van der Waals surface area contributed by atoms with E-state index in [2.05, 4.69) is 14.9 Å². The maximum Gasteiger partial charge on any atom is 0.241 e. The van der Waals surface area contributed by atoms with Gasteiger partial charge in [0.1, 0.15) is 4.99 Å². The first-order valence-corrected chi connectivity index (χ1v) is 7.68. The van der Waals surface area contributed by atoms with E-state index in [1.165, 1.54) is 6.07 Å². The third-order valence-electron chi connectivity index (χ3n) is 2.83. The molecule has 0 radical (unpaired) electrons. The Morgan fingerprint density at radius 2 is 2.15 bits per heavy atom. The Balaban J connectivity index is 2.27. The Bertz CT molecular complexity index is 737. The number of thiocarbonyl (C=S) groups is 1. The summed E-state index contributed by atoms with van der Waals surface area (Å²) in [6.07, 6.45) is 1.58. The minimum absolute atomic E-state index is 0.0467. The molecule has 0 fully saturated rings. The van der Waals surface area contributed by atoms with Crippen LogP contribution in [0.1, 0.15) is 16.8 Å². The normalized spacial score (nSPS) is 11.4. The van der Waals surface area contributed by atoms with Crippen molar-refractivity contribution >= 4 is 27.2 Å². The monoisotopic (exact) mass is 310 g/mol. The highest BCUT2D eigenvalue weighted by Gasteiger charge is 2.19. The molecule has 106 valence electrons. The van der Waals surface area contributed by atoms with Crippen LogP contribution in [0.4, 0.5) is 0 Å². The van der Waals surface area contributed by atoms with Gasteiger partial charge >= 0.3 is 0 Å². The third-order valence-corrected chi connectivity index (χ3v) is 4.51. The number of aryl methyl sites for hydroxylation is 1. The second kappa shape index (κ2) is 5.70. The van der Waals surface area contributed by atoms with Crippen LogP contribution < -0.4 is 10.5 Å². The summed E-state index contributed by atoms with van der Waals surface area (Å²) in [5.41, 5.74) is 7.48. The van der Waals surface area contributed by atoms with E-state index in [-0.39, 0.29) is 16.4 Å². The highest BCUT2D eigenvalue weighted by atomic mass is 32.2. The number of nitrogens with zero attached hydrogens (tertiary/aromatic N) is 1. The molecule has 0 saturated heterocycles. The highest BCUT2D eigenvalue weighted by molar-refractivity contribution is 7.89. The van der Waals surface area contributed by atoms with Crippen LogP contribution in [-0.4, -0.2) is 23.6 Å². The van der Waals surface area contributed by atoms with Crippen molar-refractivity contribution in [3.05, 3.63) is 47.3 Å². The van der Waals surface area contributed by atoms with Gasteiger partial charge in [0.2, 0.25) is 10.0 Å². The molecule has 1 heterocycles. The van der Waals surface area contributed by atoms with Crippen LogP contribution >= 0.6 is 12.2 Å². The topological polar surface area (TPSA) is 101 Å². The zero-order chi connectivity index (χ0) is 14.8. The number of aromatic nitrogens is 2. The summed E-state index contributed by atoms with van der Waals surface area (Å²) in [5, 5.41) is 6.59. The molecule has 0 saturated carbocycles. The molecule has 0 unspecified atom stereocenters. The molecular weight excluding hydrogens is 296 g/mol. The molecule has 0 atom stereocenters. The Kier molecular flexibility index (Phi) is 4.17. The average Bonchev–Trinajstić information content (AvgIpc) is 2.82. The van der Waals surface area contributed by atoms with Crippen LogP contribution in [0.3, 0.4) is 0 Å². The van der Waals surface area contributed by atoms with Crippen LogP contribution in [0.5, 0.6) is 0 Å². The zero-order valence-electron chi connectivity index (χ0n) is 10.8. The molecule has 1 aromatic heterocycles. The van der Waals surface area contributed by atoms with Crippen molar-refractivity contribution in [1.29, 1.82) is 0 Å². The van der Waals surface area contributed by atoms with Crippen molar-refractivity contribution in [3.8, 4) is 0 Å².